The summed E-state index contributed by atoms with van der Waals surface area (Å²) < 4.78 is 0. The van der Waals surface area contributed by atoms with Crippen molar-refractivity contribution in [3.05, 3.63) is 34.9 Å². The third-order valence-electron chi connectivity index (χ3n) is 4.95. The Kier molecular flexibility index (Phi) is 5.29. The van der Waals surface area contributed by atoms with Crippen LogP contribution in [0.2, 0.25) is 0 Å². The Morgan fingerprint density at radius 1 is 1.17 bits per heavy atom. The average Bonchev–Trinajstić information content (AvgIpc) is 2.81. The normalized spacial score (nSPS) is 33.4. The standard InChI is InChI=1S/C17H24N2O5/c20-9-2-1-4-10-5-3-6-11-14(10)17(24)19(16(11)23)12-7-8-13(21)18-15(12)22/h3,5-6,9,12-13,15-18,21-24H,1-2,4,7-8H2. The Labute approximate surface area is 140 Å². The molecule has 1 aromatic carbocycles. The zero-order valence-electron chi connectivity index (χ0n) is 13.4. The van der Waals surface area contributed by atoms with Crippen LogP contribution < -0.4 is 5.32 Å². The topological polar surface area (TPSA) is 113 Å². The van der Waals surface area contributed by atoms with Gasteiger partial charge in [-0.15, -0.1) is 0 Å². The van der Waals surface area contributed by atoms with Crippen molar-refractivity contribution in [1.29, 1.82) is 0 Å². The van der Waals surface area contributed by atoms with E-state index in [9.17, 15) is 25.2 Å². The third-order valence-corrected chi connectivity index (χ3v) is 4.95. The number of hydrogen-bond acceptors (Lipinski definition) is 7. The number of aldehydes is 1. The summed E-state index contributed by atoms with van der Waals surface area (Å²) in [5.74, 6) is 0. The lowest BCUT2D eigenvalue weighted by Gasteiger charge is -2.40. The van der Waals surface area contributed by atoms with Crippen LogP contribution in [-0.2, 0) is 11.2 Å². The Balaban J connectivity index is 1.85. The number of aliphatic hydroxyl groups is 4. The fourth-order valence-electron chi connectivity index (χ4n) is 3.76. The number of unbranched alkanes of at least 4 members (excludes halogenated alkanes) is 1. The lowest BCUT2D eigenvalue weighted by atomic mass is 9.98. The molecule has 0 bridgehead atoms. The van der Waals surface area contributed by atoms with Gasteiger partial charge >= 0.3 is 0 Å². The van der Waals surface area contributed by atoms with E-state index in [1.807, 2.05) is 12.1 Å². The number of hydrogen-bond donors (Lipinski definition) is 5. The van der Waals surface area contributed by atoms with E-state index in [-0.39, 0.29) is 0 Å². The SMILES string of the molecule is O=CCCCc1cccc2c1C(O)N(C1CCC(O)NC1O)C2O. The summed E-state index contributed by atoms with van der Waals surface area (Å²) in [5, 5.41) is 43.8. The summed E-state index contributed by atoms with van der Waals surface area (Å²) in [7, 11) is 0. The maximum atomic E-state index is 10.8. The van der Waals surface area contributed by atoms with Crippen LogP contribution in [0.25, 0.3) is 0 Å². The van der Waals surface area contributed by atoms with Gasteiger partial charge in [-0.1, -0.05) is 18.2 Å². The number of rotatable bonds is 5. The molecule has 2 heterocycles. The lowest BCUT2D eigenvalue weighted by molar-refractivity contribution is -0.159. The second-order valence-corrected chi connectivity index (χ2v) is 6.45. The monoisotopic (exact) mass is 336 g/mol. The van der Waals surface area contributed by atoms with Gasteiger partial charge in [-0.2, -0.15) is 0 Å². The van der Waals surface area contributed by atoms with Crippen molar-refractivity contribution < 1.29 is 25.2 Å². The molecule has 1 saturated heterocycles. The molecule has 5 N–H and O–H groups in total. The molecule has 132 valence electrons. The maximum Gasteiger partial charge on any atom is 0.136 e. The fraction of sp³-hybridized carbons (Fsp3) is 0.588. The van der Waals surface area contributed by atoms with Crippen molar-refractivity contribution in [2.24, 2.45) is 0 Å². The van der Waals surface area contributed by atoms with Crippen LogP contribution in [0.1, 0.15) is 54.8 Å². The molecule has 0 spiro atoms. The molecule has 5 atom stereocenters. The Hall–Kier alpha value is -1.35. The molecule has 3 rings (SSSR count). The molecule has 0 amide bonds. The minimum absolute atomic E-state index is 0.431. The summed E-state index contributed by atoms with van der Waals surface area (Å²) in [6.45, 7) is 0. The van der Waals surface area contributed by atoms with E-state index in [0.717, 1.165) is 11.8 Å². The van der Waals surface area contributed by atoms with Crippen LogP contribution in [0.4, 0.5) is 0 Å². The lowest BCUT2D eigenvalue weighted by Crippen LogP contribution is -2.57. The summed E-state index contributed by atoms with van der Waals surface area (Å²) in [5.41, 5.74) is 2.19. The van der Waals surface area contributed by atoms with Gasteiger partial charge in [0.25, 0.3) is 0 Å². The highest BCUT2D eigenvalue weighted by Crippen LogP contribution is 2.44. The first kappa shape index (κ1) is 17.5. The van der Waals surface area contributed by atoms with Crippen molar-refractivity contribution in [1.82, 2.24) is 10.2 Å². The van der Waals surface area contributed by atoms with Crippen LogP contribution >= 0.6 is 0 Å². The van der Waals surface area contributed by atoms with E-state index in [4.69, 9.17) is 0 Å². The Morgan fingerprint density at radius 2 is 1.96 bits per heavy atom. The number of piperidine rings is 1. The van der Waals surface area contributed by atoms with E-state index in [2.05, 4.69) is 5.32 Å². The minimum Gasteiger partial charge on any atom is -0.379 e. The van der Waals surface area contributed by atoms with Gasteiger partial charge in [-0.05, 0) is 31.2 Å². The molecule has 5 unspecified atom stereocenters. The van der Waals surface area contributed by atoms with E-state index < -0.39 is 31.0 Å². The number of benzene rings is 1. The van der Waals surface area contributed by atoms with Gasteiger partial charge in [0.05, 0.1) is 6.04 Å². The van der Waals surface area contributed by atoms with Crippen LogP contribution in [0.5, 0.6) is 0 Å². The Morgan fingerprint density at radius 3 is 2.67 bits per heavy atom. The predicted molar refractivity (Wildman–Crippen MR) is 85.4 cm³/mol. The quantitative estimate of drug-likeness (QED) is 0.377. The first-order valence-electron chi connectivity index (χ1n) is 8.35. The van der Waals surface area contributed by atoms with Gasteiger partial charge in [0.2, 0.25) is 0 Å². The number of aryl methyl sites for hydroxylation is 1. The zero-order chi connectivity index (χ0) is 17.3. The Bertz CT molecular complexity index is 596. The average molecular weight is 336 g/mol. The molecule has 0 saturated carbocycles. The first-order chi connectivity index (χ1) is 11.5. The number of nitrogens with one attached hydrogen (secondary N) is 1. The summed E-state index contributed by atoms with van der Waals surface area (Å²) >= 11 is 0. The molecule has 7 heteroatoms. The minimum atomic E-state index is -1.04. The molecule has 2 aliphatic rings. The third kappa shape index (κ3) is 3.11. The number of carbonyl (C=O) groups excluding carboxylic acids is 1. The van der Waals surface area contributed by atoms with E-state index in [1.165, 1.54) is 4.90 Å². The van der Waals surface area contributed by atoms with Crippen molar-refractivity contribution in [2.45, 2.75) is 63.1 Å². The largest absolute Gasteiger partial charge is 0.379 e. The van der Waals surface area contributed by atoms with Crippen LogP contribution in [0.15, 0.2) is 18.2 Å². The first-order valence-corrected chi connectivity index (χ1v) is 8.35. The molecule has 1 aromatic rings. The van der Waals surface area contributed by atoms with E-state index in [0.29, 0.717) is 43.2 Å². The van der Waals surface area contributed by atoms with Crippen molar-refractivity contribution in [3.63, 3.8) is 0 Å². The van der Waals surface area contributed by atoms with Gasteiger partial charge < -0.3 is 25.2 Å². The van der Waals surface area contributed by atoms with Crippen LogP contribution in [-0.4, -0.2) is 50.1 Å². The summed E-state index contributed by atoms with van der Waals surface area (Å²) in [6, 6.07) is 4.98. The van der Waals surface area contributed by atoms with Gasteiger partial charge in [0.1, 0.15) is 31.2 Å². The van der Waals surface area contributed by atoms with Gasteiger partial charge in [-0.25, -0.2) is 4.90 Å². The maximum absolute atomic E-state index is 10.8. The van der Waals surface area contributed by atoms with Crippen LogP contribution in [0.3, 0.4) is 0 Å². The molecular formula is C17H24N2O5. The number of nitrogens with zero attached hydrogens (tertiary/aromatic N) is 1. The molecule has 24 heavy (non-hydrogen) atoms. The second-order valence-electron chi connectivity index (χ2n) is 6.45. The van der Waals surface area contributed by atoms with Crippen molar-refractivity contribution >= 4 is 6.29 Å². The van der Waals surface area contributed by atoms with Crippen molar-refractivity contribution in [3.8, 4) is 0 Å². The smallest absolute Gasteiger partial charge is 0.136 e. The molecule has 0 radical (unpaired) electrons. The van der Waals surface area contributed by atoms with Crippen LogP contribution in [0, 0.1) is 0 Å². The highest BCUT2D eigenvalue weighted by atomic mass is 16.3. The predicted octanol–water partition coefficient (Wildman–Crippen LogP) is -0.106. The number of fused-ring (bicyclic) bond motifs is 1. The molecule has 0 aromatic heterocycles. The second kappa shape index (κ2) is 7.26. The molecule has 1 fully saturated rings. The summed E-state index contributed by atoms with van der Waals surface area (Å²) in [4.78, 5) is 12.0. The molecule has 0 aliphatic carbocycles. The van der Waals surface area contributed by atoms with Crippen molar-refractivity contribution in [2.75, 3.05) is 0 Å². The highest BCUT2D eigenvalue weighted by molar-refractivity contribution is 5.49. The highest BCUT2D eigenvalue weighted by Gasteiger charge is 2.45. The van der Waals surface area contributed by atoms with Gasteiger partial charge in [0.15, 0.2) is 0 Å². The van der Waals surface area contributed by atoms with Gasteiger partial charge in [0, 0.05) is 17.5 Å². The zero-order valence-corrected chi connectivity index (χ0v) is 13.4. The summed E-state index contributed by atoms with van der Waals surface area (Å²) in [6.07, 6.45) is -0.326. The molecular weight excluding hydrogens is 312 g/mol. The van der Waals surface area contributed by atoms with Gasteiger partial charge in [-0.3, -0.25) is 5.32 Å². The molecule has 2 aliphatic heterocycles. The fourth-order valence-corrected chi connectivity index (χ4v) is 3.76. The molecule has 7 nitrogen and oxygen atoms in total. The number of carbonyl (C=O) groups is 1. The number of aliphatic hydroxyl groups excluding tert-OH is 4. The van der Waals surface area contributed by atoms with E-state index >= 15 is 0 Å². The van der Waals surface area contributed by atoms with E-state index in [1.54, 1.807) is 6.07 Å².